The predicted molar refractivity (Wildman–Crippen MR) is 111 cm³/mol. The molecule has 28 heavy (non-hydrogen) atoms. The number of thiophene rings is 1. The number of anilines is 1. The molecule has 0 aliphatic carbocycles. The Morgan fingerprint density at radius 2 is 1.68 bits per heavy atom. The summed E-state index contributed by atoms with van der Waals surface area (Å²) in [6, 6.07) is 18.7. The second-order valence-corrected chi connectivity index (χ2v) is 6.88. The SMILES string of the molecule is CCOC(=O)c1c(-c2ccccc2)csc1NC(=O)[C@H](C)Oc1ccccc1. The number of ether oxygens (including phenoxy) is 2. The van der Waals surface area contributed by atoms with Gasteiger partial charge in [0.15, 0.2) is 6.10 Å². The van der Waals surface area contributed by atoms with E-state index in [1.54, 1.807) is 26.0 Å². The fraction of sp³-hybridized carbons (Fsp3) is 0.182. The van der Waals surface area contributed by atoms with Crippen molar-refractivity contribution in [2.75, 3.05) is 11.9 Å². The van der Waals surface area contributed by atoms with Crippen LogP contribution in [0.4, 0.5) is 5.00 Å². The van der Waals surface area contributed by atoms with Crippen molar-refractivity contribution in [3.05, 3.63) is 71.6 Å². The first-order valence-corrected chi connectivity index (χ1v) is 9.84. The summed E-state index contributed by atoms with van der Waals surface area (Å²) in [5.41, 5.74) is 1.98. The molecule has 1 aromatic heterocycles. The third-order valence-electron chi connectivity index (χ3n) is 4.02. The molecule has 1 amide bonds. The molecule has 0 saturated heterocycles. The molecule has 1 heterocycles. The van der Waals surface area contributed by atoms with E-state index in [0.717, 1.165) is 11.1 Å². The average Bonchev–Trinajstić information content (AvgIpc) is 3.13. The number of hydrogen-bond acceptors (Lipinski definition) is 5. The second-order valence-electron chi connectivity index (χ2n) is 6.00. The van der Waals surface area contributed by atoms with Crippen molar-refractivity contribution < 1.29 is 19.1 Å². The van der Waals surface area contributed by atoms with Crippen LogP contribution < -0.4 is 10.1 Å². The van der Waals surface area contributed by atoms with Gasteiger partial charge in [0.1, 0.15) is 16.3 Å². The van der Waals surface area contributed by atoms with Crippen LogP contribution in [-0.2, 0) is 9.53 Å². The summed E-state index contributed by atoms with van der Waals surface area (Å²) in [5.74, 6) is -0.197. The Morgan fingerprint density at radius 1 is 1.04 bits per heavy atom. The molecular formula is C22H21NO4S. The lowest BCUT2D eigenvalue weighted by molar-refractivity contribution is -0.122. The number of benzene rings is 2. The van der Waals surface area contributed by atoms with E-state index in [0.29, 0.717) is 16.3 Å². The molecule has 1 atom stereocenters. The predicted octanol–water partition coefficient (Wildman–Crippen LogP) is 5.00. The highest BCUT2D eigenvalue weighted by Crippen LogP contribution is 2.36. The van der Waals surface area contributed by atoms with Crippen molar-refractivity contribution in [3.63, 3.8) is 0 Å². The minimum absolute atomic E-state index is 0.254. The van der Waals surface area contributed by atoms with E-state index in [4.69, 9.17) is 9.47 Å². The molecule has 0 aliphatic heterocycles. The summed E-state index contributed by atoms with van der Waals surface area (Å²) in [5, 5.41) is 5.11. The van der Waals surface area contributed by atoms with E-state index < -0.39 is 12.1 Å². The van der Waals surface area contributed by atoms with E-state index in [2.05, 4.69) is 5.32 Å². The van der Waals surface area contributed by atoms with Gasteiger partial charge in [-0.1, -0.05) is 48.5 Å². The summed E-state index contributed by atoms with van der Waals surface area (Å²) in [7, 11) is 0. The molecule has 0 fully saturated rings. The standard InChI is InChI=1S/C22H21NO4S/c1-3-26-22(25)19-18(16-10-6-4-7-11-16)14-28-21(19)23-20(24)15(2)27-17-12-8-5-9-13-17/h4-15H,3H2,1-2H3,(H,23,24)/t15-/m0/s1. The molecule has 0 radical (unpaired) electrons. The molecule has 0 aliphatic rings. The van der Waals surface area contributed by atoms with E-state index in [9.17, 15) is 9.59 Å². The maximum atomic E-state index is 12.6. The van der Waals surface area contributed by atoms with Gasteiger partial charge in [-0.25, -0.2) is 4.79 Å². The highest BCUT2D eigenvalue weighted by molar-refractivity contribution is 7.15. The molecule has 2 aromatic carbocycles. The van der Waals surface area contributed by atoms with Crippen LogP contribution in [-0.4, -0.2) is 24.6 Å². The molecule has 144 valence electrons. The topological polar surface area (TPSA) is 64.6 Å². The van der Waals surface area contributed by atoms with Crippen molar-refractivity contribution >= 4 is 28.2 Å². The van der Waals surface area contributed by atoms with Crippen LogP contribution in [0.25, 0.3) is 11.1 Å². The lowest BCUT2D eigenvalue weighted by Gasteiger charge is -2.15. The molecule has 3 rings (SSSR count). The molecule has 6 heteroatoms. The third-order valence-corrected chi connectivity index (χ3v) is 4.91. The van der Waals surface area contributed by atoms with Crippen LogP contribution in [0.3, 0.4) is 0 Å². The normalized spacial score (nSPS) is 11.5. The highest BCUT2D eigenvalue weighted by Gasteiger charge is 2.24. The van der Waals surface area contributed by atoms with Gasteiger partial charge in [0.25, 0.3) is 5.91 Å². The van der Waals surface area contributed by atoms with E-state index in [1.807, 2.05) is 53.9 Å². The lowest BCUT2D eigenvalue weighted by Crippen LogP contribution is -2.30. The number of amides is 1. The smallest absolute Gasteiger partial charge is 0.341 e. The number of carbonyl (C=O) groups excluding carboxylic acids is 2. The molecule has 1 N–H and O–H groups in total. The van der Waals surface area contributed by atoms with Gasteiger partial charge in [-0.05, 0) is 31.5 Å². The van der Waals surface area contributed by atoms with Crippen LogP contribution in [0, 0.1) is 0 Å². The van der Waals surface area contributed by atoms with Gasteiger partial charge < -0.3 is 14.8 Å². The van der Waals surface area contributed by atoms with Gasteiger partial charge in [-0.3, -0.25) is 4.79 Å². The number of para-hydroxylation sites is 1. The summed E-state index contributed by atoms with van der Waals surface area (Å²) in [4.78, 5) is 25.2. The van der Waals surface area contributed by atoms with Crippen LogP contribution in [0.5, 0.6) is 5.75 Å². The first kappa shape index (κ1) is 19.6. The van der Waals surface area contributed by atoms with Gasteiger partial charge in [-0.15, -0.1) is 11.3 Å². The Bertz CT molecular complexity index is 938. The lowest BCUT2D eigenvalue weighted by atomic mass is 10.0. The van der Waals surface area contributed by atoms with Gasteiger partial charge in [-0.2, -0.15) is 0 Å². The number of hydrogen-bond donors (Lipinski definition) is 1. The molecule has 5 nitrogen and oxygen atoms in total. The Labute approximate surface area is 167 Å². The van der Waals surface area contributed by atoms with Gasteiger partial charge in [0.2, 0.25) is 0 Å². The third kappa shape index (κ3) is 4.58. The summed E-state index contributed by atoms with van der Waals surface area (Å²) >= 11 is 1.29. The average molecular weight is 395 g/mol. The first-order valence-electron chi connectivity index (χ1n) is 8.96. The largest absolute Gasteiger partial charge is 0.481 e. The molecule has 0 saturated carbocycles. The fourth-order valence-electron chi connectivity index (χ4n) is 2.66. The van der Waals surface area contributed by atoms with Crippen LogP contribution in [0.2, 0.25) is 0 Å². The van der Waals surface area contributed by atoms with Crippen LogP contribution in [0.15, 0.2) is 66.0 Å². The van der Waals surface area contributed by atoms with Crippen molar-refractivity contribution in [3.8, 4) is 16.9 Å². The molecule has 0 spiro atoms. The van der Waals surface area contributed by atoms with Crippen molar-refractivity contribution in [2.24, 2.45) is 0 Å². The molecule has 3 aromatic rings. The monoisotopic (exact) mass is 395 g/mol. The van der Waals surface area contributed by atoms with Gasteiger partial charge in [0.05, 0.1) is 6.61 Å². The van der Waals surface area contributed by atoms with E-state index in [-0.39, 0.29) is 12.5 Å². The zero-order valence-electron chi connectivity index (χ0n) is 15.7. The molecule has 0 bridgehead atoms. The zero-order valence-corrected chi connectivity index (χ0v) is 16.5. The Kier molecular flexibility index (Phi) is 6.45. The fourth-order valence-corrected chi connectivity index (χ4v) is 3.62. The van der Waals surface area contributed by atoms with E-state index in [1.165, 1.54) is 11.3 Å². The quantitative estimate of drug-likeness (QED) is 0.572. The van der Waals surface area contributed by atoms with Crippen molar-refractivity contribution in [1.29, 1.82) is 0 Å². The minimum Gasteiger partial charge on any atom is -0.481 e. The maximum absolute atomic E-state index is 12.6. The van der Waals surface area contributed by atoms with Gasteiger partial charge >= 0.3 is 5.97 Å². The van der Waals surface area contributed by atoms with E-state index >= 15 is 0 Å². The summed E-state index contributed by atoms with van der Waals surface area (Å²) < 4.78 is 10.9. The summed E-state index contributed by atoms with van der Waals surface area (Å²) in [6.07, 6.45) is -0.722. The Morgan fingerprint density at radius 3 is 2.32 bits per heavy atom. The van der Waals surface area contributed by atoms with Crippen LogP contribution >= 0.6 is 11.3 Å². The molecule has 0 unspecified atom stereocenters. The number of esters is 1. The minimum atomic E-state index is -0.722. The zero-order chi connectivity index (χ0) is 19.9. The summed E-state index contributed by atoms with van der Waals surface area (Å²) in [6.45, 7) is 3.67. The van der Waals surface area contributed by atoms with Gasteiger partial charge in [0, 0.05) is 10.9 Å². The molecular weight excluding hydrogens is 374 g/mol. The Balaban J connectivity index is 1.84. The number of nitrogens with one attached hydrogen (secondary N) is 1. The van der Waals surface area contributed by atoms with Crippen LogP contribution in [0.1, 0.15) is 24.2 Å². The van der Waals surface area contributed by atoms with Crippen molar-refractivity contribution in [2.45, 2.75) is 20.0 Å². The Hall–Kier alpha value is -3.12. The number of rotatable bonds is 7. The second kappa shape index (κ2) is 9.19. The maximum Gasteiger partial charge on any atom is 0.341 e. The first-order chi connectivity index (χ1) is 13.6. The number of carbonyl (C=O) groups is 2. The van der Waals surface area contributed by atoms with Crippen molar-refractivity contribution in [1.82, 2.24) is 0 Å². The highest BCUT2D eigenvalue weighted by atomic mass is 32.1.